The van der Waals surface area contributed by atoms with Crippen molar-refractivity contribution in [3.8, 4) is 0 Å². The van der Waals surface area contributed by atoms with Gasteiger partial charge < -0.3 is 14.6 Å². The van der Waals surface area contributed by atoms with Crippen LogP contribution in [0.4, 0.5) is 11.5 Å². The minimum absolute atomic E-state index is 0.606. The number of ether oxygens (including phenoxy) is 1. The van der Waals surface area contributed by atoms with Crippen LogP contribution in [-0.4, -0.2) is 33.2 Å². The van der Waals surface area contributed by atoms with Crippen molar-refractivity contribution in [2.45, 2.75) is 13.5 Å². The predicted octanol–water partition coefficient (Wildman–Crippen LogP) is 3.18. The number of rotatable bonds is 5. The van der Waals surface area contributed by atoms with Crippen molar-refractivity contribution in [3.63, 3.8) is 0 Å². The maximum atomic E-state index is 6.05. The topological polar surface area (TPSA) is 64.9 Å². The molecule has 0 bridgehead atoms. The van der Waals surface area contributed by atoms with E-state index in [1.807, 2.05) is 29.7 Å². The van der Waals surface area contributed by atoms with Gasteiger partial charge in [-0.1, -0.05) is 11.6 Å². The van der Waals surface area contributed by atoms with Crippen molar-refractivity contribution in [2.75, 3.05) is 19.0 Å². The Hall–Kier alpha value is -2.18. The van der Waals surface area contributed by atoms with E-state index < -0.39 is 0 Å². The van der Waals surface area contributed by atoms with Gasteiger partial charge in [-0.05, 0) is 30.7 Å². The quantitative estimate of drug-likeness (QED) is 0.783. The number of hydrogen-bond donors (Lipinski definition) is 1. The Morgan fingerprint density at radius 2 is 2.14 bits per heavy atom. The number of halogens is 1. The van der Waals surface area contributed by atoms with Crippen molar-refractivity contribution in [1.82, 2.24) is 19.5 Å². The summed E-state index contributed by atoms with van der Waals surface area (Å²) in [6.45, 7) is 3.26. The molecule has 114 valence electrons. The first-order valence-corrected chi connectivity index (χ1v) is 7.25. The number of fused-ring (bicyclic) bond motifs is 1. The van der Waals surface area contributed by atoms with Crippen molar-refractivity contribution < 1.29 is 4.74 Å². The number of nitrogens with one attached hydrogen (secondary N) is 1. The van der Waals surface area contributed by atoms with Gasteiger partial charge in [-0.3, -0.25) is 0 Å². The van der Waals surface area contributed by atoms with Gasteiger partial charge in [0.15, 0.2) is 17.0 Å². The third kappa shape index (κ3) is 2.88. The molecular weight excluding hydrogens is 302 g/mol. The van der Waals surface area contributed by atoms with E-state index in [1.54, 1.807) is 13.4 Å². The molecule has 7 heteroatoms. The van der Waals surface area contributed by atoms with Crippen LogP contribution < -0.4 is 5.32 Å². The van der Waals surface area contributed by atoms with E-state index in [2.05, 4.69) is 20.3 Å². The maximum absolute atomic E-state index is 6.05. The monoisotopic (exact) mass is 317 g/mol. The maximum Gasteiger partial charge on any atom is 0.165 e. The van der Waals surface area contributed by atoms with Crippen LogP contribution in [0.3, 0.4) is 0 Å². The minimum atomic E-state index is 0.606. The second-order valence-electron chi connectivity index (χ2n) is 4.91. The number of aromatic nitrogens is 4. The number of benzene rings is 1. The molecule has 6 nitrogen and oxygen atoms in total. The van der Waals surface area contributed by atoms with Gasteiger partial charge in [0.2, 0.25) is 0 Å². The van der Waals surface area contributed by atoms with E-state index in [4.69, 9.17) is 16.3 Å². The number of hydrogen-bond acceptors (Lipinski definition) is 5. The molecule has 0 aliphatic heterocycles. The van der Waals surface area contributed by atoms with Crippen LogP contribution in [0.1, 0.15) is 5.56 Å². The van der Waals surface area contributed by atoms with Gasteiger partial charge in [0, 0.05) is 24.4 Å². The number of anilines is 2. The molecule has 3 rings (SSSR count). The Morgan fingerprint density at radius 3 is 2.91 bits per heavy atom. The van der Waals surface area contributed by atoms with Crippen LogP contribution >= 0.6 is 11.6 Å². The van der Waals surface area contributed by atoms with Crippen molar-refractivity contribution in [1.29, 1.82) is 0 Å². The van der Waals surface area contributed by atoms with Crippen LogP contribution in [0.2, 0.25) is 5.02 Å². The van der Waals surface area contributed by atoms with E-state index >= 15 is 0 Å². The molecule has 0 saturated heterocycles. The summed E-state index contributed by atoms with van der Waals surface area (Å²) in [5, 5.41) is 4.01. The van der Waals surface area contributed by atoms with Crippen LogP contribution in [0.25, 0.3) is 11.2 Å². The third-order valence-electron chi connectivity index (χ3n) is 3.36. The highest BCUT2D eigenvalue weighted by Gasteiger charge is 2.10. The van der Waals surface area contributed by atoms with Gasteiger partial charge in [-0.25, -0.2) is 15.0 Å². The fraction of sp³-hybridized carbons (Fsp3) is 0.267. The average molecular weight is 318 g/mol. The van der Waals surface area contributed by atoms with Crippen LogP contribution in [0, 0.1) is 6.92 Å². The van der Waals surface area contributed by atoms with E-state index in [0.29, 0.717) is 19.0 Å². The van der Waals surface area contributed by atoms with Crippen LogP contribution in [0.5, 0.6) is 0 Å². The largest absolute Gasteiger partial charge is 0.383 e. The van der Waals surface area contributed by atoms with Gasteiger partial charge in [0.25, 0.3) is 0 Å². The minimum Gasteiger partial charge on any atom is -0.383 e. The highest BCUT2D eigenvalue weighted by Crippen LogP contribution is 2.24. The molecule has 0 radical (unpaired) electrons. The Balaban J connectivity index is 1.93. The SMILES string of the molecule is COCCn1cnc2c(Nc3ccc(Cl)c(C)c3)ncnc21. The molecule has 0 spiro atoms. The van der Waals surface area contributed by atoms with Crippen LogP contribution in [-0.2, 0) is 11.3 Å². The second-order valence-corrected chi connectivity index (χ2v) is 5.32. The van der Waals surface area contributed by atoms with Gasteiger partial charge in [-0.15, -0.1) is 0 Å². The zero-order chi connectivity index (χ0) is 15.5. The van der Waals surface area contributed by atoms with Crippen molar-refractivity contribution in [2.24, 2.45) is 0 Å². The lowest BCUT2D eigenvalue weighted by atomic mass is 10.2. The summed E-state index contributed by atoms with van der Waals surface area (Å²) in [7, 11) is 1.67. The molecule has 0 amide bonds. The Bertz CT molecular complexity index is 802. The highest BCUT2D eigenvalue weighted by molar-refractivity contribution is 6.31. The molecule has 1 aromatic carbocycles. The summed E-state index contributed by atoms with van der Waals surface area (Å²) < 4.78 is 7.04. The number of imidazole rings is 1. The summed E-state index contributed by atoms with van der Waals surface area (Å²) in [5.41, 5.74) is 3.42. The molecule has 0 saturated carbocycles. The van der Waals surface area contributed by atoms with E-state index in [-0.39, 0.29) is 0 Å². The summed E-state index contributed by atoms with van der Waals surface area (Å²) in [4.78, 5) is 13.0. The Labute approximate surface area is 133 Å². The highest BCUT2D eigenvalue weighted by atomic mass is 35.5. The zero-order valence-electron chi connectivity index (χ0n) is 12.4. The first kappa shape index (κ1) is 14.7. The lowest BCUT2D eigenvalue weighted by molar-refractivity contribution is 0.188. The number of nitrogens with zero attached hydrogens (tertiary/aromatic N) is 4. The average Bonchev–Trinajstić information content (AvgIpc) is 2.93. The van der Waals surface area contributed by atoms with Crippen molar-refractivity contribution in [3.05, 3.63) is 41.4 Å². The normalized spacial score (nSPS) is 11.0. The Kier molecular flexibility index (Phi) is 4.22. The smallest absolute Gasteiger partial charge is 0.165 e. The molecule has 0 fully saturated rings. The summed E-state index contributed by atoms with van der Waals surface area (Å²) >= 11 is 6.05. The zero-order valence-corrected chi connectivity index (χ0v) is 13.1. The standard InChI is InChI=1S/C15H16ClN5O/c1-10-7-11(3-4-12(10)16)20-14-13-15(18-8-17-14)21(9-19-13)5-6-22-2/h3-4,7-9H,5-6H2,1-2H3,(H,17,18,20). The van der Waals surface area contributed by atoms with E-state index in [9.17, 15) is 0 Å². The molecule has 22 heavy (non-hydrogen) atoms. The van der Waals surface area contributed by atoms with Crippen molar-refractivity contribution >= 4 is 34.3 Å². The molecule has 0 aliphatic carbocycles. The number of aryl methyl sites for hydroxylation is 1. The van der Waals surface area contributed by atoms with Crippen LogP contribution in [0.15, 0.2) is 30.9 Å². The molecule has 3 aromatic rings. The molecule has 0 atom stereocenters. The predicted molar refractivity (Wildman–Crippen MR) is 86.7 cm³/mol. The molecule has 0 aliphatic rings. The fourth-order valence-corrected chi connectivity index (χ4v) is 2.30. The summed E-state index contributed by atoms with van der Waals surface area (Å²) in [6.07, 6.45) is 3.27. The first-order valence-electron chi connectivity index (χ1n) is 6.87. The second kappa shape index (κ2) is 6.29. The van der Waals surface area contributed by atoms with Gasteiger partial charge in [0.1, 0.15) is 6.33 Å². The van der Waals surface area contributed by atoms with Gasteiger partial charge >= 0.3 is 0 Å². The Morgan fingerprint density at radius 1 is 1.27 bits per heavy atom. The molecule has 2 heterocycles. The summed E-state index contributed by atoms with van der Waals surface area (Å²) in [6, 6.07) is 5.73. The van der Waals surface area contributed by atoms with E-state index in [1.165, 1.54) is 6.33 Å². The number of methoxy groups -OCH3 is 1. The molecule has 1 N–H and O–H groups in total. The molecule has 2 aromatic heterocycles. The van der Waals surface area contributed by atoms with Gasteiger partial charge in [0.05, 0.1) is 12.9 Å². The molecular formula is C15H16ClN5O. The van der Waals surface area contributed by atoms with E-state index in [0.717, 1.165) is 27.4 Å². The fourth-order valence-electron chi connectivity index (χ4n) is 2.18. The summed E-state index contributed by atoms with van der Waals surface area (Å²) in [5.74, 6) is 0.669. The lowest BCUT2D eigenvalue weighted by Crippen LogP contribution is -2.04. The molecule has 0 unspecified atom stereocenters. The lowest BCUT2D eigenvalue weighted by Gasteiger charge is -2.08. The van der Waals surface area contributed by atoms with Gasteiger partial charge in [-0.2, -0.15) is 0 Å². The first-order chi connectivity index (χ1) is 10.7. The third-order valence-corrected chi connectivity index (χ3v) is 3.78.